The number of hydrogen-bond donors (Lipinski definition) is 2. The van der Waals surface area contributed by atoms with Crippen LogP contribution >= 0.6 is 11.6 Å². The van der Waals surface area contributed by atoms with Crippen LogP contribution in [0.4, 0.5) is 15.9 Å². The second-order valence-corrected chi connectivity index (χ2v) is 12.2. The Balaban J connectivity index is 1.29. The molecule has 12 heteroatoms. The molecule has 1 aliphatic heterocycles. The molecule has 3 heterocycles. The lowest BCUT2D eigenvalue weighted by Gasteiger charge is -2.28. The molecule has 9 nitrogen and oxygen atoms in total. The standard InChI is InChI=1S/C32H33ClFN5O4S/c1-21(2)29(44(40)41)18-35-12-4-10-32(11-5-13-43-32)30-16-25-27(17-36-30)37-20-38-31(25)39-24-8-9-28(26(33)15-24)42-19-22-6-3-7-23(34)14-22/h3,5-9,13-17,20-21,35H,4,10-12,18-19H2,1-2H3,(H,37,38,39). The van der Waals surface area contributed by atoms with E-state index < -0.39 is 15.9 Å². The van der Waals surface area contributed by atoms with Crippen LogP contribution in [-0.4, -0.2) is 41.3 Å². The zero-order valence-corrected chi connectivity index (χ0v) is 26.0. The first-order chi connectivity index (χ1) is 21.2. The highest BCUT2D eigenvalue weighted by Crippen LogP contribution is 2.39. The van der Waals surface area contributed by atoms with Crippen molar-refractivity contribution in [1.29, 1.82) is 0 Å². The number of hydrogen-bond acceptors (Lipinski definition) is 9. The summed E-state index contributed by atoms with van der Waals surface area (Å²) in [5.74, 6) is 0.683. The van der Waals surface area contributed by atoms with Gasteiger partial charge in [-0.05, 0) is 73.3 Å². The molecule has 2 aromatic heterocycles. The van der Waals surface area contributed by atoms with E-state index in [4.69, 9.17) is 26.1 Å². The maximum absolute atomic E-state index is 13.5. The van der Waals surface area contributed by atoms with Gasteiger partial charge in [0.25, 0.3) is 0 Å². The third kappa shape index (κ3) is 7.53. The van der Waals surface area contributed by atoms with Crippen LogP contribution in [0.1, 0.15) is 44.4 Å². The van der Waals surface area contributed by atoms with Gasteiger partial charge in [-0.1, -0.05) is 37.6 Å². The van der Waals surface area contributed by atoms with Crippen molar-refractivity contribution in [3.05, 3.63) is 95.5 Å². The molecule has 1 unspecified atom stereocenters. The molecular weight excluding hydrogens is 605 g/mol. The van der Waals surface area contributed by atoms with Crippen LogP contribution in [0.15, 0.2) is 73.4 Å². The Bertz CT molecular complexity index is 1800. The lowest BCUT2D eigenvalue weighted by Crippen LogP contribution is -2.31. The van der Waals surface area contributed by atoms with Gasteiger partial charge in [0.2, 0.25) is 10.3 Å². The molecular formula is C32H33ClFN5O4S. The first kappa shape index (κ1) is 31.4. The summed E-state index contributed by atoms with van der Waals surface area (Å²) in [6, 6.07) is 13.5. The van der Waals surface area contributed by atoms with E-state index >= 15 is 0 Å². The van der Waals surface area contributed by atoms with Crippen LogP contribution in [0.25, 0.3) is 10.9 Å². The zero-order valence-electron chi connectivity index (χ0n) is 24.4. The van der Waals surface area contributed by atoms with E-state index in [0.29, 0.717) is 64.2 Å². The number of fused-ring (bicyclic) bond motifs is 1. The van der Waals surface area contributed by atoms with Gasteiger partial charge < -0.3 is 20.1 Å². The van der Waals surface area contributed by atoms with Crippen LogP contribution in [0.2, 0.25) is 5.02 Å². The highest BCUT2D eigenvalue weighted by molar-refractivity contribution is 7.73. The quantitative estimate of drug-likeness (QED) is 0.128. The normalized spacial score (nSPS) is 15.8. The summed E-state index contributed by atoms with van der Waals surface area (Å²) in [5, 5.41) is 7.73. The average molecular weight is 638 g/mol. The second kappa shape index (κ2) is 14.1. The minimum Gasteiger partial charge on any atom is -0.489 e. The molecule has 0 spiro atoms. The first-order valence-corrected chi connectivity index (χ1v) is 15.7. The van der Waals surface area contributed by atoms with Gasteiger partial charge in [0.05, 0.1) is 33.6 Å². The number of halogens is 2. The molecule has 2 aromatic carbocycles. The van der Waals surface area contributed by atoms with Crippen molar-refractivity contribution in [1.82, 2.24) is 20.3 Å². The highest BCUT2D eigenvalue weighted by Gasteiger charge is 2.36. The Kier molecular flexibility index (Phi) is 10.1. The van der Waals surface area contributed by atoms with Gasteiger partial charge in [-0.3, -0.25) is 4.98 Å². The molecule has 1 atom stereocenters. The smallest absolute Gasteiger partial charge is 0.214 e. The summed E-state index contributed by atoms with van der Waals surface area (Å²) in [7, 11) is -2.20. The van der Waals surface area contributed by atoms with E-state index in [2.05, 4.69) is 20.6 Å². The van der Waals surface area contributed by atoms with Crippen molar-refractivity contribution < 1.29 is 22.3 Å². The van der Waals surface area contributed by atoms with Crippen LogP contribution < -0.4 is 15.4 Å². The maximum Gasteiger partial charge on any atom is 0.214 e. The number of ether oxygens (including phenoxy) is 2. The molecule has 0 saturated carbocycles. The zero-order chi connectivity index (χ0) is 31.1. The van der Waals surface area contributed by atoms with Gasteiger partial charge >= 0.3 is 0 Å². The fourth-order valence-corrected chi connectivity index (χ4v) is 5.85. The van der Waals surface area contributed by atoms with Crippen LogP contribution in [0.3, 0.4) is 0 Å². The molecule has 1 aliphatic rings. The highest BCUT2D eigenvalue weighted by atomic mass is 35.5. The Morgan fingerprint density at radius 3 is 2.75 bits per heavy atom. The number of aromatic nitrogens is 3. The van der Waals surface area contributed by atoms with Crippen molar-refractivity contribution in [3.8, 4) is 5.75 Å². The maximum atomic E-state index is 13.5. The summed E-state index contributed by atoms with van der Waals surface area (Å²) in [6.07, 6.45) is 8.94. The molecule has 4 aromatic rings. The van der Waals surface area contributed by atoms with Gasteiger partial charge in [-0.2, -0.15) is 8.42 Å². The molecule has 0 saturated heterocycles. The lowest BCUT2D eigenvalue weighted by molar-refractivity contribution is 0.0265. The van der Waals surface area contributed by atoms with Gasteiger partial charge in [-0.25, -0.2) is 14.4 Å². The molecule has 0 bridgehead atoms. The summed E-state index contributed by atoms with van der Waals surface area (Å²) in [6.45, 7) is 4.88. The largest absolute Gasteiger partial charge is 0.489 e. The molecule has 2 N–H and O–H groups in total. The number of benzene rings is 2. The SMILES string of the molecule is CC(C)C(CNCCCC1(c2cc3c(Nc4ccc(OCc5cccc(F)c5)c(Cl)c4)ncnc3cn2)CC=CO1)=S(=O)=O. The van der Waals surface area contributed by atoms with E-state index in [9.17, 15) is 12.8 Å². The third-order valence-corrected chi connectivity index (χ3v) is 8.73. The third-order valence-electron chi connectivity index (χ3n) is 7.40. The average Bonchev–Trinajstić information content (AvgIpc) is 3.48. The summed E-state index contributed by atoms with van der Waals surface area (Å²) < 4.78 is 48.4. The van der Waals surface area contributed by atoms with Gasteiger partial charge in [0, 0.05) is 24.0 Å². The summed E-state index contributed by atoms with van der Waals surface area (Å²) in [5.41, 5.74) is 2.16. The van der Waals surface area contributed by atoms with Crippen molar-refractivity contribution in [2.24, 2.45) is 5.92 Å². The fraction of sp³-hybridized carbons (Fsp3) is 0.312. The van der Waals surface area contributed by atoms with E-state index in [1.807, 2.05) is 32.1 Å². The van der Waals surface area contributed by atoms with Crippen molar-refractivity contribution >= 4 is 49.2 Å². The predicted molar refractivity (Wildman–Crippen MR) is 170 cm³/mol. The van der Waals surface area contributed by atoms with E-state index in [-0.39, 0.29) is 18.3 Å². The molecule has 44 heavy (non-hydrogen) atoms. The Morgan fingerprint density at radius 1 is 1.16 bits per heavy atom. The van der Waals surface area contributed by atoms with Gasteiger partial charge in [0.15, 0.2) is 5.60 Å². The molecule has 0 amide bonds. The van der Waals surface area contributed by atoms with E-state index in [1.165, 1.54) is 18.5 Å². The number of pyridine rings is 1. The minimum absolute atomic E-state index is 0.0459. The molecule has 0 fully saturated rings. The van der Waals surface area contributed by atoms with E-state index in [1.54, 1.807) is 36.7 Å². The van der Waals surface area contributed by atoms with Crippen molar-refractivity contribution in [2.45, 2.75) is 45.3 Å². The van der Waals surface area contributed by atoms with Crippen LogP contribution in [0, 0.1) is 11.7 Å². The summed E-state index contributed by atoms with van der Waals surface area (Å²) in [4.78, 5) is 14.0. The van der Waals surface area contributed by atoms with Gasteiger partial charge in [0.1, 0.15) is 30.3 Å². The van der Waals surface area contributed by atoms with Crippen LogP contribution in [0.5, 0.6) is 5.75 Å². The molecule has 0 aliphatic carbocycles. The minimum atomic E-state index is -2.20. The first-order valence-electron chi connectivity index (χ1n) is 14.3. The monoisotopic (exact) mass is 637 g/mol. The number of anilines is 2. The number of nitrogens with zero attached hydrogens (tertiary/aromatic N) is 3. The van der Waals surface area contributed by atoms with Crippen LogP contribution in [-0.2, 0) is 27.2 Å². The Hall–Kier alpha value is -4.06. The topological polar surface area (TPSA) is 115 Å². The molecule has 0 radical (unpaired) electrons. The number of nitrogens with one attached hydrogen (secondary N) is 2. The predicted octanol–water partition coefficient (Wildman–Crippen LogP) is 6.35. The van der Waals surface area contributed by atoms with Crippen molar-refractivity contribution in [2.75, 3.05) is 18.4 Å². The lowest BCUT2D eigenvalue weighted by atomic mass is 9.90. The molecule has 5 rings (SSSR count). The number of rotatable bonds is 13. The Morgan fingerprint density at radius 2 is 2.02 bits per heavy atom. The second-order valence-electron chi connectivity index (χ2n) is 10.8. The van der Waals surface area contributed by atoms with E-state index in [0.717, 1.165) is 17.5 Å². The van der Waals surface area contributed by atoms with Gasteiger partial charge in [-0.15, -0.1) is 0 Å². The van der Waals surface area contributed by atoms with Crippen molar-refractivity contribution in [3.63, 3.8) is 0 Å². The Labute approximate surface area is 262 Å². The fourth-order valence-electron chi connectivity index (χ4n) is 5.01. The molecule has 230 valence electrons. The summed E-state index contributed by atoms with van der Waals surface area (Å²) >= 11 is 6.52.